The number of rotatable bonds is 7. The van der Waals surface area contributed by atoms with Gasteiger partial charge in [0, 0.05) is 0 Å². The molecule has 1 aromatic carbocycles. The maximum absolute atomic E-state index is 2.47. The number of unbranched alkanes of at least 4 members (excludes halogenated alkanes) is 1. The minimum Gasteiger partial charge on any atom is -0.306 e. The van der Waals surface area contributed by atoms with Crippen molar-refractivity contribution in [2.75, 3.05) is 20.1 Å². The summed E-state index contributed by atoms with van der Waals surface area (Å²) < 4.78 is 0. The Morgan fingerprint density at radius 2 is 1.74 bits per heavy atom. The van der Waals surface area contributed by atoms with Crippen LogP contribution in [-0.2, 0) is 19.3 Å². The molecule has 0 atom stereocenters. The van der Waals surface area contributed by atoms with Crippen LogP contribution in [0.3, 0.4) is 0 Å². The molecule has 0 aromatic heterocycles. The molecule has 0 amide bonds. The Hall–Kier alpha value is -0.820. The molecule has 0 unspecified atom stereocenters. The summed E-state index contributed by atoms with van der Waals surface area (Å²) in [6, 6.07) is 7.21. The molecule has 0 saturated carbocycles. The van der Waals surface area contributed by atoms with Crippen LogP contribution in [0, 0.1) is 0 Å². The van der Waals surface area contributed by atoms with Gasteiger partial charge < -0.3 is 4.90 Å². The first-order chi connectivity index (χ1) is 9.29. The van der Waals surface area contributed by atoms with Gasteiger partial charge in [-0.1, -0.05) is 31.5 Å². The lowest BCUT2D eigenvalue weighted by Crippen LogP contribution is -2.21. The number of benzene rings is 1. The number of aryl methyl sites for hydroxylation is 3. The quantitative estimate of drug-likeness (QED) is 0.708. The van der Waals surface area contributed by atoms with E-state index >= 15 is 0 Å². The summed E-state index contributed by atoms with van der Waals surface area (Å²) >= 11 is 0. The lowest BCUT2D eigenvalue weighted by molar-refractivity contribution is 0.323. The first-order valence-electron chi connectivity index (χ1n) is 8.09. The highest BCUT2D eigenvalue weighted by Gasteiger charge is 2.09. The topological polar surface area (TPSA) is 3.24 Å². The molecule has 0 spiro atoms. The molecule has 0 saturated heterocycles. The Bertz CT molecular complexity index is 383. The van der Waals surface area contributed by atoms with E-state index in [-0.39, 0.29) is 0 Å². The third-order valence-corrected chi connectivity index (χ3v) is 4.31. The SMILES string of the molecule is CCCCN(C)CCCc1ccc2c(c1)CCCC2. The Labute approximate surface area is 119 Å². The van der Waals surface area contributed by atoms with E-state index in [9.17, 15) is 0 Å². The average Bonchev–Trinajstić information content (AvgIpc) is 2.45. The van der Waals surface area contributed by atoms with Gasteiger partial charge in [0.2, 0.25) is 0 Å². The molecule has 0 bridgehead atoms. The Morgan fingerprint density at radius 3 is 2.53 bits per heavy atom. The highest BCUT2D eigenvalue weighted by Crippen LogP contribution is 2.22. The molecule has 0 N–H and O–H groups in total. The summed E-state index contributed by atoms with van der Waals surface area (Å²) in [5.41, 5.74) is 4.78. The normalized spacial score (nSPS) is 14.7. The third-order valence-electron chi connectivity index (χ3n) is 4.31. The van der Waals surface area contributed by atoms with E-state index in [4.69, 9.17) is 0 Å². The van der Waals surface area contributed by atoms with Crippen molar-refractivity contribution in [3.63, 3.8) is 0 Å². The second kappa shape index (κ2) is 7.69. The van der Waals surface area contributed by atoms with Crippen molar-refractivity contribution < 1.29 is 0 Å². The van der Waals surface area contributed by atoms with Crippen LogP contribution >= 0.6 is 0 Å². The van der Waals surface area contributed by atoms with Crippen molar-refractivity contribution in [3.8, 4) is 0 Å². The average molecular weight is 259 g/mol. The van der Waals surface area contributed by atoms with E-state index in [0.29, 0.717) is 0 Å². The minimum atomic E-state index is 1.23. The zero-order valence-electron chi connectivity index (χ0n) is 12.8. The van der Waals surface area contributed by atoms with Gasteiger partial charge in [-0.3, -0.25) is 0 Å². The summed E-state index contributed by atoms with van der Waals surface area (Å²) in [5.74, 6) is 0. The number of hydrogen-bond acceptors (Lipinski definition) is 1. The van der Waals surface area contributed by atoms with Gasteiger partial charge in [0.15, 0.2) is 0 Å². The highest BCUT2D eigenvalue weighted by molar-refractivity contribution is 5.33. The summed E-state index contributed by atoms with van der Waals surface area (Å²) in [7, 11) is 2.25. The Kier molecular flexibility index (Phi) is 5.91. The molecule has 1 aromatic rings. The summed E-state index contributed by atoms with van der Waals surface area (Å²) in [5, 5.41) is 0. The second-order valence-corrected chi connectivity index (χ2v) is 6.07. The van der Waals surface area contributed by atoms with Crippen molar-refractivity contribution >= 4 is 0 Å². The zero-order chi connectivity index (χ0) is 13.5. The molecule has 106 valence electrons. The molecule has 0 fully saturated rings. The van der Waals surface area contributed by atoms with Crippen LogP contribution in [0.25, 0.3) is 0 Å². The van der Waals surface area contributed by atoms with E-state index in [1.54, 1.807) is 16.7 Å². The van der Waals surface area contributed by atoms with Crippen LogP contribution in [0.15, 0.2) is 18.2 Å². The predicted octanol–water partition coefficient (Wildman–Crippen LogP) is 4.23. The standard InChI is InChI=1S/C18H29N/c1-3-4-13-19(2)14-7-8-16-11-12-17-9-5-6-10-18(17)15-16/h11-12,15H,3-10,13-14H2,1-2H3. The number of hydrogen-bond donors (Lipinski definition) is 0. The van der Waals surface area contributed by atoms with Crippen molar-refractivity contribution in [3.05, 3.63) is 34.9 Å². The van der Waals surface area contributed by atoms with Crippen LogP contribution in [-0.4, -0.2) is 25.0 Å². The summed E-state index contributed by atoms with van der Waals surface area (Å²) in [6.45, 7) is 4.75. The Balaban J connectivity index is 1.77. The molecule has 2 rings (SSSR count). The van der Waals surface area contributed by atoms with Crippen molar-refractivity contribution in [1.82, 2.24) is 4.90 Å². The molecular weight excluding hydrogens is 230 g/mol. The molecule has 1 nitrogen and oxygen atoms in total. The van der Waals surface area contributed by atoms with Gasteiger partial charge in [0.1, 0.15) is 0 Å². The predicted molar refractivity (Wildman–Crippen MR) is 83.8 cm³/mol. The molecular formula is C18H29N. The fraction of sp³-hybridized carbons (Fsp3) is 0.667. The molecule has 1 aliphatic rings. The van der Waals surface area contributed by atoms with Crippen molar-refractivity contribution in [2.45, 2.75) is 58.3 Å². The van der Waals surface area contributed by atoms with E-state index in [0.717, 1.165) is 0 Å². The molecule has 0 heterocycles. The van der Waals surface area contributed by atoms with Gasteiger partial charge in [-0.2, -0.15) is 0 Å². The molecule has 1 heteroatoms. The van der Waals surface area contributed by atoms with Crippen LogP contribution < -0.4 is 0 Å². The fourth-order valence-electron chi connectivity index (χ4n) is 3.04. The smallest absolute Gasteiger partial charge is 0.00186 e. The summed E-state index contributed by atoms with van der Waals surface area (Å²) in [4.78, 5) is 2.47. The molecule has 19 heavy (non-hydrogen) atoms. The zero-order valence-corrected chi connectivity index (χ0v) is 12.8. The second-order valence-electron chi connectivity index (χ2n) is 6.07. The third kappa shape index (κ3) is 4.65. The largest absolute Gasteiger partial charge is 0.306 e. The monoisotopic (exact) mass is 259 g/mol. The van der Waals surface area contributed by atoms with Gasteiger partial charge in [0.25, 0.3) is 0 Å². The maximum Gasteiger partial charge on any atom is -0.00186 e. The molecule has 0 aliphatic heterocycles. The van der Waals surface area contributed by atoms with Crippen molar-refractivity contribution in [2.24, 2.45) is 0 Å². The first-order valence-corrected chi connectivity index (χ1v) is 8.09. The van der Waals surface area contributed by atoms with Crippen LogP contribution in [0.1, 0.15) is 55.7 Å². The lowest BCUT2D eigenvalue weighted by atomic mass is 9.90. The number of fused-ring (bicyclic) bond motifs is 1. The van der Waals surface area contributed by atoms with Crippen LogP contribution in [0.5, 0.6) is 0 Å². The Morgan fingerprint density at radius 1 is 1.00 bits per heavy atom. The van der Waals surface area contributed by atoms with Crippen LogP contribution in [0.2, 0.25) is 0 Å². The van der Waals surface area contributed by atoms with Gasteiger partial charge in [-0.25, -0.2) is 0 Å². The van der Waals surface area contributed by atoms with E-state index in [2.05, 4.69) is 37.1 Å². The van der Waals surface area contributed by atoms with Crippen LogP contribution in [0.4, 0.5) is 0 Å². The first kappa shape index (κ1) is 14.6. The fourth-order valence-corrected chi connectivity index (χ4v) is 3.04. The summed E-state index contributed by atoms with van der Waals surface area (Å²) in [6.07, 6.45) is 10.5. The van der Waals surface area contributed by atoms with E-state index < -0.39 is 0 Å². The van der Waals surface area contributed by atoms with E-state index in [1.807, 2.05) is 0 Å². The van der Waals surface area contributed by atoms with Gasteiger partial charge >= 0.3 is 0 Å². The van der Waals surface area contributed by atoms with Gasteiger partial charge in [-0.15, -0.1) is 0 Å². The van der Waals surface area contributed by atoms with Gasteiger partial charge in [0.05, 0.1) is 0 Å². The number of nitrogens with zero attached hydrogens (tertiary/aromatic N) is 1. The molecule has 0 radical (unpaired) electrons. The lowest BCUT2D eigenvalue weighted by Gasteiger charge is -2.18. The highest BCUT2D eigenvalue weighted by atomic mass is 15.1. The van der Waals surface area contributed by atoms with Crippen molar-refractivity contribution in [1.29, 1.82) is 0 Å². The molecule has 1 aliphatic carbocycles. The van der Waals surface area contributed by atoms with Gasteiger partial charge in [-0.05, 0) is 81.8 Å². The minimum absolute atomic E-state index is 1.23. The maximum atomic E-state index is 2.47. The van der Waals surface area contributed by atoms with E-state index in [1.165, 1.54) is 64.5 Å².